The maximum Gasteiger partial charge on any atom is 0.271 e. The van der Waals surface area contributed by atoms with Crippen molar-refractivity contribution in [3.8, 4) is 5.75 Å². The monoisotopic (exact) mass is 534 g/mol. The number of aromatic nitrogens is 2. The number of hydrogen-bond acceptors (Lipinski definition) is 6. The van der Waals surface area contributed by atoms with Crippen LogP contribution in [0.15, 0.2) is 94.6 Å². The van der Waals surface area contributed by atoms with Crippen molar-refractivity contribution in [1.29, 1.82) is 0 Å². The highest BCUT2D eigenvalue weighted by molar-refractivity contribution is 7.89. The van der Waals surface area contributed by atoms with E-state index in [1.54, 1.807) is 5.48 Å². The van der Waals surface area contributed by atoms with E-state index in [1.807, 2.05) is 60.7 Å². The summed E-state index contributed by atoms with van der Waals surface area (Å²) in [6, 6.07) is 23.5. The van der Waals surface area contributed by atoms with E-state index in [9.17, 15) is 23.2 Å². The Bertz CT molecular complexity index is 1580. The predicted molar refractivity (Wildman–Crippen MR) is 138 cm³/mol. The average Bonchev–Trinajstić information content (AvgIpc) is 3.26. The molecule has 1 amide bonds. The Morgan fingerprint density at radius 1 is 0.974 bits per heavy atom. The van der Waals surface area contributed by atoms with Gasteiger partial charge < -0.3 is 4.74 Å². The summed E-state index contributed by atoms with van der Waals surface area (Å²) in [7, 11) is -4.22. The largest absolute Gasteiger partial charge is 0.489 e. The standard InChI is InChI=1S/C27H26N4O6S/c32-26(29-34)25-15-24-23(27(33)30(28-24)16-19-7-3-1-4-8-19)17-31(25)38(35,36)22-13-11-21(12-14-22)37-18-20-9-5-2-6-10-20/h1-14,25,28,34H,15-18H2,(H,29,32)/t25-/m1/s1. The average molecular weight is 535 g/mol. The molecule has 5 rings (SSSR count). The molecule has 11 heteroatoms. The van der Waals surface area contributed by atoms with Crippen LogP contribution in [0.2, 0.25) is 0 Å². The minimum Gasteiger partial charge on any atom is -0.489 e. The zero-order valence-electron chi connectivity index (χ0n) is 20.3. The van der Waals surface area contributed by atoms with Crippen molar-refractivity contribution in [3.05, 3.63) is 118 Å². The summed E-state index contributed by atoms with van der Waals surface area (Å²) in [6.45, 7) is 0.267. The molecule has 0 aliphatic carbocycles. The Morgan fingerprint density at radius 3 is 2.24 bits per heavy atom. The number of aromatic amines is 1. The summed E-state index contributed by atoms with van der Waals surface area (Å²) in [5.41, 5.74) is 3.76. The maximum absolute atomic E-state index is 13.6. The normalized spacial score (nSPS) is 15.6. The second kappa shape index (κ2) is 10.7. The predicted octanol–water partition coefficient (Wildman–Crippen LogP) is 2.42. The number of sulfonamides is 1. The van der Waals surface area contributed by atoms with Gasteiger partial charge in [0, 0.05) is 18.7 Å². The minimum absolute atomic E-state index is 0.0658. The van der Waals surface area contributed by atoms with Crippen molar-refractivity contribution in [2.75, 3.05) is 0 Å². The number of carbonyl (C=O) groups excluding carboxylic acids is 1. The van der Waals surface area contributed by atoms with E-state index in [2.05, 4.69) is 5.10 Å². The fourth-order valence-electron chi connectivity index (χ4n) is 4.48. The van der Waals surface area contributed by atoms with E-state index < -0.39 is 22.0 Å². The first-order valence-corrected chi connectivity index (χ1v) is 13.4. The number of rotatable bonds is 8. The summed E-state index contributed by atoms with van der Waals surface area (Å²) in [6.07, 6.45) is -0.101. The number of H-pyrrole nitrogens is 1. The molecule has 0 saturated carbocycles. The molecule has 0 fully saturated rings. The van der Waals surface area contributed by atoms with Crippen molar-refractivity contribution >= 4 is 15.9 Å². The van der Waals surface area contributed by atoms with Crippen LogP contribution in [0.4, 0.5) is 0 Å². The highest BCUT2D eigenvalue weighted by Crippen LogP contribution is 2.28. The molecular weight excluding hydrogens is 508 g/mol. The maximum atomic E-state index is 13.6. The minimum atomic E-state index is -4.22. The number of nitrogens with zero attached hydrogens (tertiary/aromatic N) is 2. The van der Waals surface area contributed by atoms with Gasteiger partial charge in [0.2, 0.25) is 10.0 Å². The Balaban J connectivity index is 1.40. The first-order chi connectivity index (χ1) is 18.4. The molecule has 0 spiro atoms. The van der Waals surface area contributed by atoms with Crippen molar-refractivity contribution in [3.63, 3.8) is 0 Å². The SMILES string of the molecule is O=C(NO)[C@H]1Cc2[nH]n(Cc3ccccc3)c(=O)c2CN1S(=O)(=O)c1ccc(OCc2ccccc2)cc1. The summed E-state index contributed by atoms with van der Waals surface area (Å²) in [5.74, 6) is -0.411. The lowest BCUT2D eigenvalue weighted by Crippen LogP contribution is -2.52. The van der Waals surface area contributed by atoms with Crippen molar-refractivity contribution in [2.45, 2.75) is 37.1 Å². The highest BCUT2D eigenvalue weighted by atomic mass is 32.2. The van der Waals surface area contributed by atoms with E-state index >= 15 is 0 Å². The van der Waals surface area contributed by atoms with E-state index in [1.165, 1.54) is 28.9 Å². The molecule has 3 aromatic carbocycles. The molecule has 0 bridgehead atoms. The molecule has 0 radical (unpaired) electrons. The molecule has 1 aromatic heterocycles. The van der Waals surface area contributed by atoms with Crippen LogP contribution in [0.3, 0.4) is 0 Å². The zero-order chi connectivity index (χ0) is 26.7. The van der Waals surface area contributed by atoms with Crippen LogP contribution in [-0.4, -0.2) is 39.7 Å². The molecule has 3 N–H and O–H groups in total. The molecule has 4 aromatic rings. The Labute approximate surface area is 219 Å². The first kappa shape index (κ1) is 25.5. The van der Waals surface area contributed by atoms with Gasteiger partial charge in [-0.15, -0.1) is 0 Å². The number of ether oxygens (including phenoxy) is 1. The quantitative estimate of drug-likeness (QED) is 0.235. The van der Waals surface area contributed by atoms with E-state index in [0.29, 0.717) is 18.1 Å². The number of benzene rings is 3. The molecule has 2 heterocycles. The second-order valence-electron chi connectivity index (χ2n) is 8.94. The Hall–Kier alpha value is -4.19. The third-order valence-electron chi connectivity index (χ3n) is 6.47. The summed E-state index contributed by atoms with van der Waals surface area (Å²) in [5, 5.41) is 12.3. The third kappa shape index (κ3) is 5.12. The molecule has 196 valence electrons. The van der Waals surface area contributed by atoms with Crippen LogP contribution in [0.25, 0.3) is 0 Å². The van der Waals surface area contributed by atoms with E-state index in [-0.39, 0.29) is 35.5 Å². The van der Waals surface area contributed by atoms with E-state index in [4.69, 9.17) is 4.74 Å². The molecule has 0 saturated heterocycles. The first-order valence-electron chi connectivity index (χ1n) is 11.9. The number of carbonyl (C=O) groups is 1. The van der Waals surface area contributed by atoms with Crippen molar-refractivity contribution in [2.24, 2.45) is 0 Å². The number of amides is 1. The number of hydrogen-bond donors (Lipinski definition) is 3. The highest BCUT2D eigenvalue weighted by Gasteiger charge is 2.41. The smallest absolute Gasteiger partial charge is 0.271 e. The van der Waals surface area contributed by atoms with Crippen LogP contribution in [0.5, 0.6) is 5.75 Å². The summed E-state index contributed by atoms with van der Waals surface area (Å²) >= 11 is 0. The number of hydroxylamine groups is 1. The van der Waals surface area contributed by atoms with Crippen molar-refractivity contribution < 1.29 is 23.2 Å². The van der Waals surface area contributed by atoms with Gasteiger partial charge >= 0.3 is 0 Å². The molecule has 38 heavy (non-hydrogen) atoms. The van der Waals surface area contributed by atoms with Crippen LogP contribution in [-0.2, 0) is 40.9 Å². The fourth-order valence-corrected chi connectivity index (χ4v) is 6.03. The van der Waals surface area contributed by atoms with Gasteiger partial charge in [-0.2, -0.15) is 4.31 Å². The zero-order valence-corrected chi connectivity index (χ0v) is 21.1. The van der Waals surface area contributed by atoms with Gasteiger partial charge in [0.15, 0.2) is 0 Å². The molecular formula is C27H26N4O6S. The third-order valence-corrected chi connectivity index (χ3v) is 8.34. The van der Waals surface area contributed by atoms with Gasteiger partial charge in [0.25, 0.3) is 11.5 Å². The lowest BCUT2D eigenvalue weighted by molar-refractivity contribution is -0.133. The van der Waals surface area contributed by atoms with Gasteiger partial charge in [-0.05, 0) is 35.4 Å². The van der Waals surface area contributed by atoms with Crippen LogP contribution >= 0.6 is 0 Å². The van der Waals surface area contributed by atoms with Gasteiger partial charge in [-0.3, -0.25) is 19.9 Å². The molecule has 1 aliphatic heterocycles. The fraction of sp³-hybridized carbons (Fsp3) is 0.185. The Morgan fingerprint density at radius 2 is 1.61 bits per heavy atom. The lowest BCUT2D eigenvalue weighted by atomic mass is 10.0. The van der Waals surface area contributed by atoms with Gasteiger partial charge in [0.05, 0.1) is 17.0 Å². The molecule has 10 nitrogen and oxygen atoms in total. The van der Waals surface area contributed by atoms with Crippen LogP contribution < -0.4 is 15.8 Å². The second-order valence-corrected chi connectivity index (χ2v) is 10.8. The van der Waals surface area contributed by atoms with Gasteiger partial charge in [-0.1, -0.05) is 60.7 Å². The van der Waals surface area contributed by atoms with Crippen molar-refractivity contribution in [1.82, 2.24) is 19.6 Å². The van der Waals surface area contributed by atoms with Crippen LogP contribution in [0.1, 0.15) is 22.4 Å². The number of fused-ring (bicyclic) bond motifs is 1. The summed E-state index contributed by atoms with van der Waals surface area (Å²) in [4.78, 5) is 25.6. The molecule has 0 unspecified atom stereocenters. The topological polar surface area (TPSA) is 134 Å². The number of nitrogens with one attached hydrogen (secondary N) is 2. The lowest BCUT2D eigenvalue weighted by Gasteiger charge is -2.32. The molecule has 1 aliphatic rings. The summed E-state index contributed by atoms with van der Waals surface area (Å²) < 4.78 is 35.3. The van der Waals surface area contributed by atoms with Gasteiger partial charge in [0.1, 0.15) is 18.4 Å². The Kier molecular flexibility index (Phi) is 7.14. The van der Waals surface area contributed by atoms with Crippen LogP contribution in [0, 0.1) is 0 Å². The van der Waals surface area contributed by atoms with E-state index in [0.717, 1.165) is 15.4 Å². The van der Waals surface area contributed by atoms with Gasteiger partial charge in [-0.25, -0.2) is 18.6 Å². The molecule has 1 atom stereocenters.